The van der Waals surface area contributed by atoms with Crippen molar-refractivity contribution in [2.24, 2.45) is 0 Å². The van der Waals surface area contributed by atoms with E-state index in [0.29, 0.717) is 17.7 Å². The number of hydrogen-bond acceptors (Lipinski definition) is 5. The molecule has 0 radical (unpaired) electrons. The molecule has 0 spiro atoms. The van der Waals surface area contributed by atoms with Crippen LogP contribution in [0.5, 0.6) is 0 Å². The number of nitrogens with zero attached hydrogens (tertiary/aromatic N) is 4. The fourth-order valence-corrected chi connectivity index (χ4v) is 2.38. The van der Waals surface area contributed by atoms with Crippen molar-refractivity contribution in [3.05, 3.63) is 47.5 Å². The van der Waals surface area contributed by atoms with Gasteiger partial charge in [0, 0.05) is 17.7 Å². The second kappa shape index (κ2) is 5.02. The van der Waals surface area contributed by atoms with E-state index < -0.39 is 0 Å². The van der Waals surface area contributed by atoms with E-state index in [4.69, 9.17) is 4.42 Å². The Labute approximate surface area is 128 Å². The summed E-state index contributed by atoms with van der Waals surface area (Å²) in [6.45, 7) is 4.00. The van der Waals surface area contributed by atoms with Crippen LogP contribution in [0, 0.1) is 13.8 Å². The van der Waals surface area contributed by atoms with E-state index in [1.807, 2.05) is 38.1 Å². The molecule has 2 aromatic heterocycles. The fourth-order valence-electron chi connectivity index (χ4n) is 2.38. The summed E-state index contributed by atoms with van der Waals surface area (Å²) in [7, 11) is 0. The smallest absolute Gasteiger partial charge is 0.251 e. The number of aryl methyl sites for hydroxylation is 2. The normalized spacial score (nSPS) is 14.3. The summed E-state index contributed by atoms with van der Waals surface area (Å²) in [6, 6.07) is 8.01. The van der Waals surface area contributed by atoms with Gasteiger partial charge in [0.15, 0.2) is 0 Å². The third kappa shape index (κ3) is 2.39. The van der Waals surface area contributed by atoms with Gasteiger partial charge in [0.2, 0.25) is 5.89 Å². The maximum atomic E-state index is 5.79. The summed E-state index contributed by atoms with van der Waals surface area (Å²) in [4.78, 5) is 9.00. The highest BCUT2D eigenvalue weighted by Gasteiger charge is 2.27. The molecule has 1 saturated carbocycles. The molecule has 0 bridgehead atoms. The molecule has 1 aliphatic rings. The van der Waals surface area contributed by atoms with Gasteiger partial charge in [-0.3, -0.25) is 0 Å². The van der Waals surface area contributed by atoms with E-state index >= 15 is 0 Å². The van der Waals surface area contributed by atoms with Crippen molar-refractivity contribution in [1.29, 1.82) is 0 Å². The first-order chi connectivity index (χ1) is 10.7. The van der Waals surface area contributed by atoms with Crippen molar-refractivity contribution >= 4 is 0 Å². The Balaban J connectivity index is 1.67. The first kappa shape index (κ1) is 13.1. The van der Waals surface area contributed by atoms with Crippen LogP contribution >= 0.6 is 0 Å². The van der Waals surface area contributed by atoms with Gasteiger partial charge in [0.1, 0.15) is 5.82 Å². The quantitative estimate of drug-likeness (QED) is 0.736. The van der Waals surface area contributed by atoms with Crippen LogP contribution in [0.3, 0.4) is 0 Å². The molecule has 5 nitrogen and oxygen atoms in total. The molecular formula is C17H16N4O. The molecule has 5 heteroatoms. The summed E-state index contributed by atoms with van der Waals surface area (Å²) in [6.07, 6.45) is 4.18. The highest BCUT2D eigenvalue weighted by molar-refractivity contribution is 5.59. The highest BCUT2D eigenvalue weighted by atomic mass is 16.4. The first-order valence-electron chi connectivity index (χ1n) is 7.45. The Morgan fingerprint density at radius 2 is 1.73 bits per heavy atom. The van der Waals surface area contributed by atoms with E-state index in [0.717, 1.165) is 22.6 Å². The molecule has 2 heterocycles. The fraction of sp³-hybridized carbons (Fsp3) is 0.294. The minimum atomic E-state index is 0.468. The molecule has 0 unspecified atom stereocenters. The van der Waals surface area contributed by atoms with Crippen LogP contribution in [0.4, 0.5) is 0 Å². The number of aromatic nitrogens is 4. The molecule has 110 valence electrons. The Kier molecular flexibility index (Phi) is 2.99. The predicted octanol–water partition coefficient (Wildman–Crippen LogP) is 3.69. The predicted molar refractivity (Wildman–Crippen MR) is 82.2 cm³/mol. The summed E-state index contributed by atoms with van der Waals surface area (Å²) >= 11 is 0. The second-order valence-corrected chi connectivity index (χ2v) is 5.78. The zero-order valence-electron chi connectivity index (χ0n) is 12.6. The lowest BCUT2D eigenvalue weighted by Crippen LogP contribution is -1.97. The van der Waals surface area contributed by atoms with Gasteiger partial charge in [-0.15, -0.1) is 10.2 Å². The molecule has 1 aromatic carbocycles. The molecule has 22 heavy (non-hydrogen) atoms. The van der Waals surface area contributed by atoms with Crippen molar-refractivity contribution in [3.63, 3.8) is 0 Å². The van der Waals surface area contributed by atoms with E-state index in [1.165, 1.54) is 18.4 Å². The topological polar surface area (TPSA) is 64.7 Å². The minimum absolute atomic E-state index is 0.468. The van der Waals surface area contributed by atoms with Gasteiger partial charge in [-0.1, -0.05) is 17.7 Å². The Morgan fingerprint density at radius 3 is 2.41 bits per heavy atom. The minimum Gasteiger partial charge on any atom is -0.416 e. The second-order valence-electron chi connectivity index (χ2n) is 5.78. The van der Waals surface area contributed by atoms with Gasteiger partial charge < -0.3 is 4.42 Å². The van der Waals surface area contributed by atoms with E-state index in [9.17, 15) is 0 Å². The standard InChI is InChI=1S/C17H16N4O/c1-10-3-5-13(6-4-10)16-20-21-17(22-16)14-9-18-15(12-7-8-12)19-11(14)2/h3-6,9,12H,7-8H2,1-2H3. The summed E-state index contributed by atoms with van der Waals surface area (Å²) in [5, 5.41) is 8.27. The zero-order chi connectivity index (χ0) is 15.1. The van der Waals surface area contributed by atoms with Crippen LogP contribution in [-0.2, 0) is 0 Å². The SMILES string of the molecule is Cc1ccc(-c2nnc(-c3cnc(C4CC4)nc3C)o2)cc1. The van der Waals surface area contributed by atoms with E-state index in [1.54, 1.807) is 6.20 Å². The van der Waals surface area contributed by atoms with Gasteiger partial charge >= 0.3 is 0 Å². The monoisotopic (exact) mass is 292 g/mol. The lowest BCUT2D eigenvalue weighted by Gasteiger charge is -2.02. The molecule has 0 amide bonds. The van der Waals surface area contributed by atoms with Crippen LogP contribution in [0.15, 0.2) is 34.9 Å². The molecular weight excluding hydrogens is 276 g/mol. The maximum absolute atomic E-state index is 5.79. The molecule has 4 rings (SSSR count). The largest absolute Gasteiger partial charge is 0.416 e. The Hall–Kier alpha value is -2.56. The van der Waals surface area contributed by atoms with Crippen LogP contribution in [-0.4, -0.2) is 20.2 Å². The first-order valence-corrected chi connectivity index (χ1v) is 7.45. The Morgan fingerprint density at radius 1 is 1.00 bits per heavy atom. The molecule has 0 atom stereocenters. The van der Waals surface area contributed by atoms with Gasteiger partial charge in [-0.2, -0.15) is 0 Å². The highest BCUT2D eigenvalue weighted by Crippen LogP contribution is 2.38. The molecule has 0 aliphatic heterocycles. The van der Waals surface area contributed by atoms with Gasteiger partial charge in [0.05, 0.1) is 11.3 Å². The van der Waals surface area contributed by atoms with Crippen LogP contribution in [0.2, 0.25) is 0 Å². The average Bonchev–Trinajstić information content (AvgIpc) is 3.26. The van der Waals surface area contributed by atoms with Gasteiger partial charge in [0.25, 0.3) is 5.89 Å². The summed E-state index contributed by atoms with van der Waals surface area (Å²) < 4.78 is 5.79. The molecule has 3 aromatic rings. The van der Waals surface area contributed by atoms with E-state index in [-0.39, 0.29) is 0 Å². The summed E-state index contributed by atoms with van der Waals surface area (Å²) in [5.74, 6) is 2.45. The van der Waals surface area contributed by atoms with Gasteiger partial charge in [-0.05, 0) is 38.8 Å². The van der Waals surface area contributed by atoms with Crippen molar-refractivity contribution in [3.8, 4) is 22.9 Å². The average molecular weight is 292 g/mol. The van der Waals surface area contributed by atoms with Crippen molar-refractivity contribution in [1.82, 2.24) is 20.2 Å². The molecule has 0 N–H and O–H groups in total. The van der Waals surface area contributed by atoms with Crippen molar-refractivity contribution in [2.75, 3.05) is 0 Å². The zero-order valence-corrected chi connectivity index (χ0v) is 12.6. The van der Waals surface area contributed by atoms with Crippen LogP contribution in [0.25, 0.3) is 22.9 Å². The third-order valence-electron chi connectivity index (χ3n) is 3.89. The Bertz CT molecular complexity index is 819. The number of hydrogen-bond donors (Lipinski definition) is 0. The molecule has 0 saturated heterocycles. The lowest BCUT2D eigenvalue weighted by molar-refractivity contribution is 0.583. The number of benzene rings is 1. The van der Waals surface area contributed by atoms with Crippen LogP contribution in [0.1, 0.15) is 35.8 Å². The van der Waals surface area contributed by atoms with Crippen molar-refractivity contribution < 1.29 is 4.42 Å². The van der Waals surface area contributed by atoms with E-state index in [2.05, 4.69) is 20.2 Å². The molecule has 1 fully saturated rings. The summed E-state index contributed by atoms with van der Waals surface area (Å²) in [5.41, 5.74) is 3.80. The van der Waals surface area contributed by atoms with Crippen LogP contribution < -0.4 is 0 Å². The van der Waals surface area contributed by atoms with Crippen molar-refractivity contribution in [2.45, 2.75) is 32.6 Å². The maximum Gasteiger partial charge on any atom is 0.251 e. The van der Waals surface area contributed by atoms with Gasteiger partial charge in [-0.25, -0.2) is 9.97 Å². The lowest BCUT2D eigenvalue weighted by atomic mass is 10.1. The third-order valence-corrected chi connectivity index (χ3v) is 3.89. The number of rotatable bonds is 3. The molecule has 1 aliphatic carbocycles.